The smallest absolute Gasteiger partial charge is 0.235 e. The molecule has 5 nitrogen and oxygen atoms in total. The molecular formula is C22H21N5S. The van der Waals surface area contributed by atoms with E-state index in [0.717, 1.165) is 47.4 Å². The Labute approximate surface area is 168 Å². The molecule has 0 saturated carbocycles. The van der Waals surface area contributed by atoms with E-state index in [1.807, 2.05) is 16.6 Å². The Bertz CT molecular complexity index is 1140. The van der Waals surface area contributed by atoms with Crippen LogP contribution in [0, 0.1) is 6.92 Å². The minimum absolute atomic E-state index is 0.817. The zero-order valence-corrected chi connectivity index (χ0v) is 16.6. The maximum Gasteiger partial charge on any atom is 0.235 e. The molecular weight excluding hydrogens is 366 g/mol. The highest BCUT2D eigenvalue weighted by molar-refractivity contribution is 7.17. The van der Waals surface area contributed by atoms with E-state index in [4.69, 9.17) is 5.10 Å². The predicted octanol–water partition coefficient (Wildman–Crippen LogP) is 4.45. The lowest BCUT2D eigenvalue weighted by atomic mass is 10.1. The second kappa shape index (κ2) is 7.30. The molecule has 5 rings (SSSR count). The van der Waals surface area contributed by atoms with Crippen LogP contribution in [0.15, 0.2) is 60.7 Å². The Morgan fingerprint density at radius 3 is 2.61 bits per heavy atom. The van der Waals surface area contributed by atoms with Gasteiger partial charge in [-0.2, -0.15) is 9.61 Å². The maximum absolute atomic E-state index is 4.85. The predicted molar refractivity (Wildman–Crippen MR) is 113 cm³/mol. The highest BCUT2D eigenvalue weighted by Gasteiger charge is 2.19. The number of aryl methyl sites for hydroxylation is 1. The van der Waals surface area contributed by atoms with Crippen LogP contribution in [0.5, 0.6) is 0 Å². The molecule has 0 unspecified atom stereocenters. The number of nitrogens with zero attached hydrogens (tertiary/aromatic N) is 5. The summed E-state index contributed by atoms with van der Waals surface area (Å²) in [5, 5.41) is 14.6. The summed E-state index contributed by atoms with van der Waals surface area (Å²) in [5.41, 5.74) is 4.94. The van der Waals surface area contributed by atoms with Crippen molar-refractivity contribution >= 4 is 21.9 Å². The Morgan fingerprint density at radius 2 is 1.82 bits per heavy atom. The van der Waals surface area contributed by atoms with Crippen molar-refractivity contribution in [2.45, 2.75) is 19.9 Å². The molecule has 140 valence electrons. The van der Waals surface area contributed by atoms with Crippen molar-refractivity contribution in [3.8, 4) is 11.4 Å². The molecule has 1 aliphatic rings. The lowest BCUT2D eigenvalue weighted by Crippen LogP contribution is -2.27. The van der Waals surface area contributed by atoms with E-state index in [1.54, 1.807) is 11.3 Å². The summed E-state index contributed by atoms with van der Waals surface area (Å²) in [6.07, 6.45) is 3.32. The van der Waals surface area contributed by atoms with Gasteiger partial charge in [0.05, 0.1) is 0 Å². The van der Waals surface area contributed by atoms with Gasteiger partial charge in [-0.25, -0.2) is 0 Å². The number of rotatable bonds is 4. The zero-order valence-electron chi connectivity index (χ0n) is 15.7. The number of benzene rings is 2. The molecule has 2 aromatic heterocycles. The summed E-state index contributed by atoms with van der Waals surface area (Å²) in [4.78, 5) is 3.32. The van der Waals surface area contributed by atoms with Crippen molar-refractivity contribution in [3.63, 3.8) is 0 Å². The minimum Gasteiger partial charge on any atom is -0.295 e. The molecule has 1 aliphatic heterocycles. The summed E-state index contributed by atoms with van der Waals surface area (Å²) >= 11 is 1.62. The van der Waals surface area contributed by atoms with Crippen LogP contribution < -0.4 is 0 Å². The van der Waals surface area contributed by atoms with Gasteiger partial charge in [0, 0.05) is 25.2 Å². The summed E-state index contributed by atoms with van der Waals surface area (Å²) < 4.78 is 1.89. The van der Waals surface area contributed by atoms with E-state index in [9.17, 15) is 0 Å². The normalized spacial score (nSPS) is 15.1. The molecule has 2 aromatic carbocycles. The van der Waals surface area contributed by atoms with Crippen molar-refractivity contribution in [2.24, 2.45) is 0 Å². The Morgan fingerprint density at radius 1 is 1.00 bits per heavy atom. The van der Waals surface area contributed by atoms with Crippen LogP contribution >= 0.6 is 11.3 Å². The molecule has 4 aromatic rings. The largest absolute Gasteiger partial charge is 0.295 e. The first kappa shape index (κ1) is 17.3. The third-order valence-corrected chi connectivity index (χ3v) is 6.17. The van der Waals surface area contributed by atoms with E-state index < -0.39 is 0 Å². The van der Waals surface area contributed by atoms with Crippen LogP contribution in [0.2, 0.25) is 0 Å². The Balaban J connectivity index is 1.38. The van der Waals surface area contributed by atoms with E-state index in [-0.39, 0.29) is 0 Å². The topological polar surface area (TPSA) is 46.3 Å². The summed E-state index contributed by atoms with van der Waals surface area (Å²) in [5.74, 6) is 0.817. The molecule has 6 heteroatoms. The van der Waals surface area contributed by atoms with Gasteiger partial charge in [0.2, 0.25) is 4.96 Å². The van der Waals surface area contributed by atoms with Gasteiger partial charge in [0.25, 0.3) is 0 Å². The average molecular weight is 388 g/mol. The van der Waals surface area contributed by atoms with E-state index in [2.05, 4.69) is 70.6 Å². The number of aromatic nitrogens is 4. The van der Waals surface area contributed by atoms with Crippen molar-refractivity contribution < 1.29 is 0 Å². The van der Waals surface area contributed by atoms with Crippen molar-refractivity contribution in [2.75, 3.05) is 13.1 Å². The molecule has 0 fully saturated rings. The van der Waals surface area contributed by atoms with Gasteiger partial charge >= 0.3 is 0 Å². The fourth-order valence-electron chi connectivity index (χ4n) is 3.63. The standard InChI is InChI=1S/C22H21N5S/c1-16-7-5-6-10-19(16)20-23-24-22-27(20)25-21(28-22)18-11-13-26(14-12-18)15-17-8-3-2-4-9-17/h2-11H,12-15H2,1H3. The lowest BCUT2D eigenvalue weighted by Gasteiger charge is -2.25. The maximum atomic E-state index is 4.85. The van der Waals surface area contributed by atoms with Gasteiger partial charge in [-0.1, -0.05) is 72.0 Å². The van der Waals surface area contributed by atoms with Gasteiger partial charge in [-0.05, 0) is 30.0 Å². The van der Waals surface area contributed by atoms with E-state index >= 15 is 0 Å². The van der Waals surface area contributed by atoms with Gasteiger partial charge in [0.15, 0.2) is 5.82 Å². The third-order valence-electron chi connectivity index (χ3n) is 5.19. The zero-order chi connectivity index (χ0) is 18.9. The molecule has 0 saturated heterocycles. The fraction of sp³-hybridized carbons (Fsp3) is 0.227. The van der Waals surface area contributed by atoms with Crippen LogP contribution in [0.3, 0.4) is 0 Å². The lowest BCUT2D eigenvalue weighted by molar-refractivity contribution is 0.294. The second-order valence-electron chi connectivity index (χ2n) is 7.14. The summed E-state index contributed by atoms with van der Waals surface area (Å²) in [6.45, 7) is 5.09. The molecule has 0 N–H and O–H groups in total. The Kier molecular flexibility index (Phi) is 4.50. The van der Waals surface area contributed by atoms with Gasteiger partial charge in [0.1, 0.15) is 5.01 Å². The Hall–Kier alpha value is -2.83. The number of hydrogen-bond donors (Lipinski definition) is 0. The highest BCUT2D eigenvalue weighted by atomic mass is 32.1. The fourth-order valence-corrected chi connectivity index (χ4v) is 4.54. The van der Waals surface area contributed by atoms with Crippen LogP contribution in [-0.4, -0.2) is 37.8 Å². The number of hydrogen-bond acceptors (Lipinski definition) is 5. The SMILES string of the molecule is Cc1ccccc1-c1nnc2sc(C3=CCN(Cc4ccccc4)CC3)nn12. The van der Waals surface area contributed by atoms with Crippen molar-refractivity contribution in [1.29, 1.82) is 0 Å². The highest BCUT2D eigenvalue weighted by Crippen LogP contribution is 2.29. The molecule has 0 radical (unpaired) electrons. The summed E-state index contributed by atoms with van der Waals surface area (Å²) in [7, 11) is 0. The molecule has 0 bridgehead atoms. The molecule has 0 atom stereocenters. The number of fused-ring (bicyclic) bond motifs is 1. The van der Waals surface area contributed by atoms with Gasteiger partial charge in [-0.3, -0.25) is 4.90 Å². The van der Waals surface area contributed by atoms with Crippen LogP contribution in [0.1, 0.15) is 22.6 Å². The van der Waals surface area contributed by atoms with E-state index in [0.29, 0.717) is 0 Å². The average Bonchev–Trinajstić information content (AvgIpc) is 3.31. The minimum atomic E-state index is 0.817. The van der Waals surface area contributed by atoms with Gasteiger partial charge < -0.3 is 0 Å². The van der Waals surface area contributed by atoms with Crippen LogP contribution in [-0.2, 0) is 6.54 Å². The molecule has 28 heavy (non-hydrogen) atoms. The van der Waals surface area contributed by atoms with E-state index in [1.165, 1.54) is 16.7 Å². The van der Waals surface area contributed by atoms with Gasteiger partial charge in [-0.15, -0.1) is 10.2 Å². The monoisotopic (exact) mass is 387 g/mol. The first-order chi connectivity index (χ1) is 13.8. The molecule has 0 aliphatic carbocycles. The van der Waals surface area contributed by atoms with Crippen molar-refractivity contribution in [3.05, 3.63) is 76.8 Å². The summed E-state index contributed by atoms with van der Waals surface area (Å²) in [6, 6.07) is 18.9. The molecule has 0 amide bonds. The molecule has 3 heterocycles. The first-order valence-electron chi connectivity index (χ1n) is 9.52. The third kappa shape index (κ3) is 3.25. The van der Waals surface area contributed by atoms with Crippen LogP contribution in [0.4, 0.5) is 0 Å². The molecule has 0 spiro atoms. The first-order valence-corrected chi connectivity index (χ1v) is 10.3. The quantitative estimate of drug-likeness (QED) is 0.519. The van der Waals surface area contributed by atoms with Crippen molar-refractivity contribution in [1.82, 2.24) is 24.7 Å². The van der Waals surface area contributed by atoms with Crippen LogP contribution in [0.25, 0.3) is 21.9 Å². The second-order valence-corrected chi connectivity index (χ2v) is 8.10.